The van der Waals surface area contributed by atoms with E-state index in [-0.39, 0.29) is 0 Å². The van der Waals surface area contributed by atoms with Gasteiger partial charge in [0, 0.05) is 0 Å². The van der Waals surface area contributed by atoms with Gasteiger partial charge >= 0.3 is 20.4 Å². The van der Waals surface area contributed by atoms with Crippen LogP contribution in [-0.2, 0) is 0 Å². The molecule has 0 atom stereocenters. The van der Waals surface area contributed by atoms with Crippen LogP contribution in [0.3, 0.4) is 0 Å². The van der Waals surface area contributed by atoms with Crippen LogP contribution < -0.4 is 0 Å². The van der Waals surface area contributed by atoms with E-state index in [4.69, 9.17) is 0 Å². The Morgan fingerprint density at radius 1 is 1.12 bits per heavy atom. The summed E-state index contributed by atoms with van der Waals surface area (Å²) in [4.78, 5) is 0. The molecular formula is C7H16Mg. The Bertz CT molecular complexity index is 29.4. The van der Waals surface area contributed by atoms with Gasteiger partial charge in [-0.05, 0) is 0 Å². The summed E-state index contributed by atoms with van der Waals surface area (Å²) >= 11 is 0.401. The van der Waals surface area contributed by atoms with Crippen molar-refractivity contribution in [3.05, 3.63) is 0 Å². The maximum absolute atomic E-state index is 2.32. The Morgan fingerprint density at radius 2 is 1.88 bits per heavy atom. The van der Waals surface area contributed by atoms with Gasteiger partial charge in [0.25, 0.3) is 0 Å². The normalized spacial score (nSPS) is 8.75. The van der Waals surface area contributed by atoms with E-state index in [2.05, 4.69) is 13.8 Å². The number of hydrogen-bond donors (Lipinski definition) is 0. The maximum atomic E-state index is 2.32. The number of unbranched alkanes of at least 4 members (excludes halogenated alkanes) is 2. The smallest absolute Gasteiger partial charge is 0.149 e. The van der Waals surface area contributed by atoms with E-state index in [1.807, 2.05) is 0 Å². The first-order valence-corrected chi connectivity index (χ1v) is 5.91. The number of rotatable bonds is 5. The van der Waals surface area contributed by atoms with E-state index in [9.17, 15) is 0 Å². The molecule has 0 spiro atoms. The average molecular weight is 125 g/mol. The van der Waals surface area contributed by atoms with Crippen LogP contribution in [0.15, 0.2) is 0 Å². The zero-order chi connectivity index (χ0) is 6.24. The molecule has 0 bridgehead atoms. The van der Waals surface area contributed by atoms with Gasteiger partial charge < -0.3 is 0 Å². The van der Waals surface area contributed by atoms with E-state index >= 15 is 0 Å². The van der Waals surface area contributed by atoms with Gasteiger partial charge in [0.15, 0.2) is 0 Å². The van der Waals surface area contributed by atoms with Gasteiger partial charge in [-0.15, -0.1) is 9.10 Å². The lowest BCUT2D eigenvalue weighted by Crippen LogP contribution is -1.84. The van der Waals surface area contributed by atoms with Crippen molar-refractivity contribution in [2.75, 3.05) is 0 Å². The van der Waals surface area contributed by atoms with Crippen molar-refractivity contribution < 1.29 is 0 Å². The molecule has 0 rings (SSSR count). The van der Waals surface area contributed by atoms with Crippen molar-refractivity contribution in [3.63, 3.8) is 0 Å². The van der Waals surface area contributed by atoms with Gasteiger partial charge in [0.1, 0.15) is 0 Å². The lowest BCUT2D eigenvalue weighted by molar-refractivity contribution is 0.768. The minimum absolute atomic E-state index is 0.401. The van der Waals surface area contributed by atoms with Crippen molar-refractivity contribution in [2.24, 2.45) is 0 Å². The molecule has 1 heteroatoms. The highest BCUT2D eigenvalue weighted by molar-refractivity contribution is 6.35. The predicted octanol–water partition coefficient (Wildman–Crippen LogP) is 2.74. The summed E-state index contributed by atoms with van der Waals surface area (Å²) in [6.07, 6.45) is 4.36. The van der Waals surface area contributed by atoms with Crippen LogP contribution in [-0.4, -0.2) is 20.4 Å². The van der Waals surface area contributed by atoms with Crippen molar-refractivity contribution in [1.29, 1.82) is 0 Å². The fourth-order valence-electron chi connectivity index (χ4n) is 0.854. The highest BCUT2D eigenvalue weighted by Crippen LogP contribution is 1.98. The second-order valence-electron chi connectivity index (χ2n) is 2.41. The van der Waals surface area contributed by atoms with Crippen LogP contribution in [0.2, 0.25) is 9.10 Å². The van der Waals surface area contributed by atoms with Crippen molar-refractivity contribution in [3.8, 4) is 0 Å². The standard InChI is InChI=1S/C5H11.C2H5.Mg/c1-3-5-4-2;1-2;/h1,3-5H2,2H3;1H2,2H3;. The highest BCUT2D eigenvalue weighted by Gasteiger charge is 1.89. The summed E-state index contributed by atoms with van der Waals surface area (Å²) in [5.41, 5.74) is 0. The van der Waals surface area contributed by atoms with Gasteiger partial charge in [-0.3, -0.25) is 0 Å². The minimum Gasteiger partial charge on any atom is -0.149 e. The molecule has 0 N–H and O–H groups in total. The van der Waals surface area contributed by atoms with E-state index in [0.29, 0.717) is 20.4 Å². The van der Waals surface area contributed by atoms with Gasteiger partial charge in [-0.2, -0.15) is 0 Å². The summed E-state index contributed by atoms with van der Waals surface area (Å²) < 4.78 is 3.09. The lowest BCUT2D eigenvalue weighted by atomic mass is 10.3. The topological polar surface area (TPSA) is 0 Å². The molecule has 0 fully saturated rings. The maximum Gasteiger partial charge on any atom is 0.363 e. The van der Waals surface area contributed by atoms with E-state index < -0.39 is 0 Å². The van der Waals surface area contributed by atoms with Gasteiger partial charge in [0.05, 0.1) is 0 Å². The molecule has 0 saturated carbocycles. The molecule has 0 amide bonds. The second kappa shape index (κ2) is 7.77. The fraction of sp³-hybridized carbons (Fsp3) is 1.00. The SMILES string of the molecule is CCCC[CH2][Mg][CH2]C. The number of hydrogen-bond acceptors (Lipinski definition) is 0. The third-order valence-corrected chi connectivity index (χ3v) is 3.16. The monoisotopic (exact) mass is 124 g/mol. The molecule has 0 heterocycles. The fourth-order valence-corrected chi connectivity index (χ4v) is 2.06. The Labute approximate surface area is 62.8 Å². The molecule has 0 saturated heterocycles. The highest BCUT2D eigenvalue weighted by atomic mass is 24.5. The molecule has 0 aromatic carbocycles. The summed E-state index contributed by atoms with van der Waals surface area (Å²) in [5, 5.41) is 0. The molecule has 0 unspecified atom stereocenters. The quantitative estimate of drug-likeness (QED) is 0.391. The lowest BCUT2D eigenvalue weighted by Gasteiger charge is -1.91. The summed E-state index contributed by atoms with van der Waals surface area (Å²) in [7, 11) is 0. The molecule has 0 aliphatic rings. The van der Waals surface area contributed by atoms with Crippen molar-refractivity contribution in [1.82, 2.24) is 0 Å². The molecular weight excluding hydrogens is 108 g/mol. The first-order chi connectivity index (χ1) is 3.91. The molecule has 0 nitrogen and oxygen atoms in total. The van der Waals surface area contributed by atoms with Crippen molar-refractivity contribution >= 4 is 20.4 Å². The zero-order valence-electron chi connectivity index (χ0n) is 6.24. The van der Waals surface area contributed by atoms with Gasteiger partial charge in [-0.25, -0.2) is 0 Å². The Hall–Kier alpha value is 0.766. The molecule has 0 aliphatic heterocycles. The van der Waals surface area contributed by atoms with Crippen LogP contribution in [0.25, 0.3) is 0 Å². The molecule has 0 aromatic heterocycles. The summed E-state index contributed by atoms with van der Waals surface area (Å²) in [6.45, 7) is 4.59. The van der Waals surface area contributed by atoms with E-state index in [0.717, 1.165) is 0 Å². The van der Waals surface area contributed by atoms with Crippen LogP contribution in [0, 0.1) is 0 Å². The Morgan fingerprint density at radius 3 is 2.38 bits per heavy atom. The second-order valence-corrected chi connectivity index (χ2v) is 4.83. The average Bonchev–Trinajstić information content (AvgIpc) is 1.81. The minimum atomic E-state index is 0.401. The third kappa shape index (κ3) is 6.77. The third-order valence-electron chi connectivity index (χ3n) is 1.46. The largest absolute Gasteiger partial charge is 0.363 e. The van der Waals surface area contributed by atoms with E-state index in [1.54, 1.807) is 4.55 Å². The van der Waals surface area contributed by atoms with Gasteiger partial charge in [0.2, 0.25) is 0 Å². The first-order valence-electron chi connectivity index (χ1n) is 3.91. The summed E-state index contributed by atoms with van der Waals surface area (Å²) in [5.74, 6) is 0. The molecule has 0 aromatic rings. The zero-order valence-corrected chi connectivity index (χ0v) is 7.66. The molecule has 0 aliphatic carbocycles. The summed E-state index contributed by atoms with van der Waals surface area (Å²) in [6, 6.07) is 0. The molecule has 0 radical (unpaired) electrons. The van der Waals surface area contributed by atoms with Crippen LogP contribution >= 0.6 is 0 Å². The Balaban J connectivity index is 2.53. The molecule has 46 valence electrons. The van der Waals surface area contributed by atoms with Crippen LogP contribution in [0.1, 0.15) is 33.1 Å². The molecule has 8 heavy (non-hydrogen) atoms. The van der Waals surface area contributed by atoms with E-state index in [1.165, 1.54) is 23.8 Å². The van der Waals surface area contributed by atoms with Crippen LogP contribution in [0.4, 0.5) is 0 Å². The predicted molar refractivity (Wildman–Crippen MR) is 40.6 cm³/mol. The van der Waals surface area contributed by atoms with Crippen molar-refractivity contribution in [2.45, 2.75) is 42.2 Å². The Kier molecular flexibility index (Phi) is 8.51. The first kappa shape index (κ1) is 8.77. The van der Waals surface area contributed by atoms with Gasteiger partial charge in [-0.1, -0.05) is 33.1 Å². The van der Waals surface area contributed by atoms with Crippen LogP contribution in [0.5, 0.6) is 0 Å².